The molecule has 0 aliphatic heterocycles. The molecule has 0 heterocycles. The summed E-state index contributed by atoms with van der Waals surface area (Å²) in [6, 6.07) is 13.7. The van der Waals surface area contributed by atoms with Crippen molar-refractivity contribution in [1.82, 2.24) is 0 Å². The lowest BCUT2D eigenvalue weighted by atomic mass is 9.98. The highest BCUT2D eigenvalue weighted by atomic mass is 35.5. The minimum atomic E-state index is -0.198. The fourth-order valence-corrected chi connectivity index (χ4v) is 2.61. The Hall–Kier alpha value is -0.690. The highest BCUT2D eigenvalue weighted by molar-refractivity contribution is 6.42. The second-order valence-electron chi connectivity index (χ2n) is 4.09. The summed E-state index contributed by atoms with van der Waals surface area (Å²) in [5, 5.41) is 0.887. The van der Waals surface area contributed by atoms with Crippen LogP contribution in [0, 0.1) is 0 Å². The van der Waals surface area contributed by atoms with Gasteiger partial charge in [0.1, 0.15) is 0 Å². The van der Waals surface area contributed by atoms with Gasteiger partial charge >= 0.3 is 0 Å². The summed E-state index contributed by atoms with van der Waals surface area (Å²) in [4.78, 5) is 0. The van der Waals surface area contributed by atoms with E-state index in [1.807, 2.05) is 24.3 Å². The summed E-state index contributed by atoms with van der Waals surface area (Å²) < 4.78 is 0. The van der Waals surface area contributed by atoms with Crippen molar-refractivity contribution in [1.29, 1.82) is 0 Å². The Morgan fingerprint density at radius 1 is 1.00 bits per heavy atom. The molecule has 0 saturated heterocycles. The van der Waals surface area contributed by atoms with Gasteiger partial charge in [-0.1, -0.05) is 60.5 Å². The molecule has 1 unspecified atom stereocenters. The van der Waals surface area contributed by atoms with Gasteiger partial charge in [-0.3, -0.25) is 0 Å². The number of hydrogen-bond acceptors (Lipinski definition) is 0. The van der Waals surface area contributed by atoms with Gasteiger partial charge in [0.2, 0.25) is 0 Å². The van der Waals surface area contributed by atoms with Crippen LogP contribution in [0.5, 0.6) is 0 Å². The van der Waals surface area contributed by atoms with Gasteiger partial charge in [0.15, 0.2) is 0 Å². The maximum atomic E-state index is 6.54. The van der Waals surface area contributed by atoms with Crippen molar-refractivity contribution in [3.63, 3.8) is 0 Å². The molecule has 2 rings (SSSR count). The highest BCUT2D eigenvalue weighted by Crippen LogP contribution is 2.34. The molecule has 0 N–H and O–H groups in total. The Morgan fingerprint density at radius 2 is 1.72 bits per heavy atom. The van der Waals surface area contributed by atoms with Crippen molar-refractivity contribution in [2.45, 2.75) is 18.7 Å². The van der Waals surface area contributed by atoms with E-state index in [-0.39, 0.29) is 5.38 Å². The Bertz CT molecular complexity index is 549. The second-order valence-corrected chi connectivity index (χ2v) is 5.34. The monoisotopic (exact) mass is 298 g/mol. The first-order chi connectivity index (χ1) is 8.63. The van der Waals surface area contributed by atoms with Crippen LogP contribution < -0.4 is 0 Å². The summed E-state index contributed by atoms with van der Waals surface area (Å²) in [5.74, 6) is 0. The Morgan fingerprint density at radius 3 is 2.39 bits per heavy atom. The van der Waals surface area contributed by atoms with Gasteiger partial charge in [-0.05, 0) is 35.2 Å². The van der Waals surface area contributed by atoms with Crippen molar-refractivity contribution in [3.05, 3.63) is 69.2 Å². The normalized spacial score (nSPS) is 12.4. The van der Waals surface area contributed by atoms with Gasteiger partial charge in [-0.2, -0.15) is 0 Å². The standard InChI is InChI=1S/C15H13Cl3/c1-2-10-5-3-4-6-12(10)15(18)11-7-8-13(16)14(17)9-11/h3-9,15H,2H2,1H3. The molecular weight excluding hydrogens is 287 g/mol. The third kappa shape index (κ3) is 2.83. The van der Waals surface area contributed by atoms with Gasteiger partial charge in [-0.25, -0.2) is 0 Å². The summed E-state index contributed by atoms with van der Waals surface area (Å²) in [7, 11) is 0. The SMILES string of the molecule is CCc1ccccc1C(Cl)c1ccc(Cl)c(Cl)c1. The average molecular weight is 300 g/mol. The third-order valence-electron chi connectivity index (χ3n) is 2.95. The molecule has 0 spiro atoms. The smallest absolute Gasteiger partial charge is 0.0838 e. The fraction of sp³-hybridized carbons (Fsp3) is 0.200. The van der Waals surface area contributed by atoms with E-state index in [2.05, 4.69) is 19.1 Å². The van der Waals surface area contributed by atoms with Crippen LogP contribution in [0.15, 0.2) is 42.5 Å². The van der Waals surface area contributed by atoms with E-state index in [0.29, 0.717) is 10.0 Å². The molecule has 94 valence electrons. The minimum absolute atomic E-state index is 0.198. The lowest BCUT2D eigenvalue weighted by molar-refractivity contribution is 1.04. The summed E-state index contributed by atoms with van der Waals surface area (Å²) in [5.41, 5.74) is 3.34. The van der Waals surface area contributed by atoms with E-state index in [1.54, 1.807) is 6.07 Å². The highest BCUT2D eigenvalue weighted by Gasteiger charge is 2.14. The van der Waals surface area contributed by atoms with E-state index in [0.717, 1.165) is 17.5 Å². The van der Waals surface area contributed by atoms with Crippen LogP contribution in [-0.4, -0.2) is 0 Å². The average Bonchev–Trinajstić information content (AvgIpc) is 2.41. The molecule has 0 bridgehead atoms. The minimum Gasteiger partial charge on any atom is -0.113 e. The Labute approximate surface area is 122 Å². The molecule has 0 amide bonds. The Balaban J connectivity index is 2.41. The fourth-order valence-electron chi connectivity index (χ4n) is 1.95. The van der Waals surface area contributed by atoms with E-state index >= 15 is 0 Å². The third-order valence-corrected chi connectivity index (χ3v) is 4.17. The summed E-state index contributed by atoms with van der Waals surface area (Å²) >= 11 is 18.5. The van der Waals surface area contributed by atoms with Gasteiger partial charge < -0.3 is 0 Å². The zero-order valence-corrected chi connectivity index (χ0v) is 12.2. The molecule has 2 aromatic carbocycles. The number of aryl methyl sites for hydroxylation is 1. The van der Waals surface area contributed by atoms with Crippen LogP contribution in [0.3, 0.4) is 0 Å². The van der Waals surface area contributed by atoms with Crippen molar-refractivity contribution >= 4 is 34.8 Å². The van der Waals surface area contributed by atoms with E-state index in [4.69, 9.17) is 34.8 Å². The van der Waals surface area contributed by atoms with Crippen molar-refractivity contribution in [3.8, 4) is 0 Å². The lowest BCUT2D eigenvalue weighted by Crippen LogP contribution is -1.98. The van der Waals surface area contributed by atoms with E-state index < -0.39 is 0 Å². The van der Waals surface area contributed by atoms with Crippen LogP contribution in [0.2, 0.25) is 10.0 Å². The second kappa shape index (κ2) is 5.97. The molecule has 0 aliphatic rings. The van der Waals surface area contributed by atoms with Gasteiger partial charge in [0, 0.05) is 0 Å². The number of halogens is 3. The van der Waals surface area contributed by atoms with Crippen LogP contribution in [-0.2, 0) is 6.42 Å². The number of benzene rings is 2. The van der Waals surface area contributed by atoms with Crippen molar-refractivity contribution < 1.29 is 0 Å². The van der Waals surface area contributed by atoms with Gasteiger partial charge in [0.25, 0.3) is 0 Å². The van der Waals surface area contributed by atoms with E-state index in [9.17, 15) is 0 Å². The van der Waals surface area contributed by atoms with Crippen LogP contribution in [0.1, 0.15) is 29.0 Å². The maximum absolute atomic E-state index is 6.54. The van der Waals surface area contributed by atoms with Crippen LogP contribution >= 0.6 is 34.8 Å². The lowest BCUT2D eigenvalue weighted by Gasteiger charge is -2.15. The largest absolute Gasteiger partial charge is 0.113 e. The summed E-state index contributed by atoms with van der Waals surface area (Å²) in [6.45, 7) is 2.12. The van der Waals surface area contributed by atoms with Gasteiger partial charge in [-0.15, -0.1) is 11.6 Å². The molecule has 2 aromatic rings. The molecule has 0 fully saturated rings. The molecule has 0 radical (unpaired) electrons. The van der Waals surface area contributed by atoms with Crippen LogP contribution in [0.25, 0.3) is 0 Å². The number of hydrogen-bond donors (Lipinski definition) is 0. The van der Waals surface area contributed by atoms with Crippen molar-refractivity contribution in [2.24, 2.45) is 0 Å². The molecule has 0 saturated carbocycles. The molecule has 0 aliphatic carbocycles. The number of alkyl halides is 1. The van der Waals surface area contributed by atoms with Crippen LogP contribution in [0.4, 0.5) is 0 Å². The first kappa shape index (κ1) is 13.7. The van der Waals surface area contributed by atoms with Crippen molar-refractivity contribution in [2.75, 3.05) is 0 Å². The summed E-state index contributed by atoms with van der Waals surface area (Å²) in [6.07, 6.45) is 0.959. The number of rotatable bonds is 3. The van der Waals surface area contributed by atoms with Gasteiger partial charge in [0.05, 0.1) is 15.4 Å². The first-order valence-corrected chi connectivity index (χ1v) is 6.99. The molecule has 0 nitrogen and oxygen atoms in total. The molecule has 3 heteroatoms. The topological polar surface area (TPSA) is 0 Å². The molecule has 1 atom stereocenters. The maximum Gasteiger partial charge on any atom is 0.0838 e. The molecular formula is C15H13Cl3. The Kier molecular flexibility index (Phi) is 4.55. The predicted molar refractivity (Wildman–Crippen MR) is 80.0 cm³/mol. The predicted octanol–water partition coefficient (Wildman–Crippen LogP) is 5.88. The zero-order valence-electron chi connectivity index (χ0n) is 9.96. The van der Waals surface area contributed by atoms with E-state index in [1.165, 1.54) is 5.56 Å². The molecule has 18 heavy (non-hydrogen) atoms. The molecule has 0 aromatic heterocycles. The first-order valence-electron chi connectivity index (χ1n) is 5.80. The zero-order chi connectivity index (χ0) is 13.1. The quantitative estimate of drug-likeness (QED) is 0.620.